The third kappa shape index (κ3) is 9.26. The highest BCUT2D eigenvalue weighted by Crippen LogP contribution is 2.55. The second kappa shape index (κ2) is 22.8. The zero-order valence-electron chi connectivity index (χ0n) is 56.7. The van der Waals surface area contributed by atoms with E-state index in [2.05, 4.69) is 343 Å². The lowest BCUT2D eigenvalue weighted by Gasteiger charge is -2.23. The monoisotopic (exact) mass is 1300 g/mol. The predicted molar refractivity (Wildman–Crippen MR) is 422 cm³/mol. The Morgan fingerprint density at radius 1 is 0.176 bits per heavy atom. The number of nitrogens with zero attached hydrogens (tertiary/aromatic N) is 6. The van der Waals surface area contributed by atoms with Gasteiger partial charge in [-0.05, 0) is 168 Å². The molecule has 0 amide bonds. The number of hydrogen-bond acceptors (Lipinski definition) is 6. The Bertz CT molecular complexity index is 6480. The van der Waals surface area contributed by atoms with Crippen LogP contribution in [-0.2, 0) is 10.8 Å². The highest BCUT2D eigenvalue weighted by atomic mass is 15.0. The first kappa shape index (κ1) is 59.2. The normalized spacial score (nSPS) is 13.3. The first-order valence-corrected chi connectivity index (χ1v) is 35.2. The van der Waals surface area contributed by atoms with Gasteiger partial charge in [-0.15, -0.1) is 0 Å². The van der Waals surface area contributed by atoms with Crippen molar-refractivity contribution in [1.29, 1.82) is 0 Å². The maximum Gasteiger partial charge on any atom is 0.164 e. The molecule has 0 aliphatic heterocycles. The molecule has 0 fully saturated rings. The van der Waals surface area contributed by atoms with Crippen molar-refractivity contribution in [2.45, 2.75) is 38.5 Å². The van der Waals surface area contributed by atoms with Crippen LogP contribution in [0.3, 0.4) is 0 Å². The Hall–Kier alpha value is -12.9. The van der Waals surface area contributed by atoms with Crippen molar-refractivity contribution in [1.82, 2.24) is 29.9 Å². The second-order valence-corrected chi connectivity index (χ2v) is 28.4. The smallest absolute Gasteiger partial charge is 0.164 e. The van der Waals surface area contributed by atoms with E-state index in [4.69, 9.17) is 29.9 Å². The summed E-state index contributed by atoms with van der Waals surface area (Å²) in [5.74, 6) is 3.60. The van der Waals surface area contributed by atoms with Crippen molar-refractivity contribution in [2.24, 2.45) is 0 Å². The summed E-state index contributed by atoms with van der Waals surface area (Å²) < 4.78 is 0. The molecule has 2 aliphatic carbocycles. The SMILES string of the molecule is CC1(C)c2ccccc2-c2ccc(-c3c(-c4nc(-c5cccc6ccccc56)nc(-c5cccc6ccccc56)n4)ccc4cc(-c5cc(-c6nc(-c7ccc8ccccc8c7-c7cccc8c7-c7ccccc7C8(C)C)nc(-c7cccc8ccccc78)n6)c6ccccc6c5)ccc34)cc21. The average molecular weight is 1300 g/mol. The first-order chi connectivity index (χ1) is 50.1. The van der Waals surface area contributed by atoms with E-state index < -0.39 is 0 Å². The van der Waals surface area contributed by atoms with Gasteiger partial charge >= 0.3 is 0 Å². The van der Waals surface area contributed by atoms with Crippen LogP contribution in [0.5, 0.6) is 0 Å². The fraction of sp³-hybridized carbons (Fsp3) is 0.0625. The van der Waals surface area contributed by atoms with Gasteiger partial charge in [0, 0.05) is 55.3 Å². The molecule has 6 heteroatoms. The van der Waals surface area contributed by atoms with E-state index in [0.29, 0.717) is 34.9 Å². The minimum Gasteiger partial charge on any atom is -0.208 e. The molecule has 0 spiro atoms. The zero-order valence-corrected chi connectivity index (χ0v) is 56.7. The zero-order chi connectivity index (χ0) is 68.0. The summed E-state index contributed by atoms with van der Waals surface area (Å²) >= 11 is 0. The van der Waals surface area contributed by atoms with Crippen LogP contribution in [-0.4, -0.2) is 29.9 Å². The number of benzene rings is 16. The van der Waals surface area contributed by atoms with Crippen LogP contribution >= 0.6 is 0 Å². The van der Waals surface area contributed by atoms with Crippen LogP contribution in [0.1, 0.15) is 49.9 Å². The van der Waals surface area contributed by atoms with Gasteiger partial charge < -0.3 is 0 Å². The van der Waals surface area contributed by atoms with E-state index in [9.17, 15) is 0 Å². The lowest BCUT2D eigenvalue weighted by molar-refractivity contribution is 0.660. The molecule has 0 bridgehead atoms. The van der Waals surface area contributed by atoms with Gasteiger partial charge in [0.25, 0.3) is 0 Å². The van der Waals surface area contributed by atoms with Crippen molar-refractivity contribution >= 4 is 64.6 Å². The molecule has 478 valence electrons. The fourth-order valence-electron chi connectivity index (χ4n) is 17.0. The molecular formula is C96H64N6. The molecule has 2 aromatic heterocycles. The molecular weight excluding hydrogens is 1240 g/mol. The van der Waals surface area contributed by atoms with Gasteiger partial charge in [0.15, 0.2) is 34.9 Å². The summed E-state index contributed by atoms with van der Waals surface area (Å²) in [5, 5.41) is 13.1. The van der Waals surface area contributed by atoms with Crippen molar-refractivity contribution in [3.05, 3.63) is 338 Å². The summed E-state index contributed by atoms with van der Waals surface area (Å²) in [6, 6.07) is 114. The van der Waals surface area contributed by atoms with E-state index in [1.165, 1.54) is 44.5 Å². The van der Waals surface area contributed by atoms with Gasteiger partial charge in [-0.1, -0.05) is 307 Å². The molecule has 0 saturated heterocycles. The van der Waals surface area contributed by atoms with Crippen molar-refractivity contribution in [3.63, 3.8) is 0 Å². The Morgan fingerprint density at radius 3 is 1.11 bits per heavy atom. The van der Waals surface area contributed by atoms with Gasteiger partial charge in [0.05, 0.1) is 0 Å². The van der Waals surface area contributed by atoms with Crippen molar-refractivity contribution in [3.8, 4) is 124 Å². The largest absolute Gasteiger partial charge is 0.208 e. The molecule has 0 saturated carbocycles. The van der Waals surface area contributed by atoms with Gasteiger partial charge in [0.2, 0.25) is 0 Å². The van der Waals surface area contributed by atoms with Crippen molar-refractivity contribution < 1.29 is 0 Å². The average Bonchev–Trinajstić information content (AvgIpc) is 1.57. The van der Waals surface area contributed by atoms with E-state index in [0.717, 1.165) is 131 Å². The molecule has 16 aromatic carbocycles. The van der Waals surface area contributed by atoms with Crippen LogP contribution in [0, 0.1) is 0 Å². The fourth-order valence-corrected chi connectivity index (χ4v) is 17.0. The third-order valence-corrected chi connectivity index (χ3v) is 22.0. The molecule has 0 atom stereocenters. The highest BCUT2D eigenvalue weighted by molar-refractivity contribution is 6.11. The summed E-state index contributed by atoms with van der Waals surface area (Å²) in [7, 11) is 0. The Labute approximate surface area is 591 Å². The van der Waals surface area contributed by atoms with Gasteiger partial charge in [-0.25, -0.2) is 29.9 Å². The minimum atomic E-state index is -0.247. The van der Waals surface area contributed by atoms with Crippen LogP contribution in [0.15, 0.2) is 315 Å². The first-order valence-electron chi connectivity index (χ1n) is 35.2. The Kier molecular flexibility index (Phi) is 13.2. The molecule has 102 heavy (non-hydrogen) atoms. The molecule has 2 aliphatic rings. The summed E-state index contributed by atoms with van der Waals surface area (Å²) in [5.41, 5.74) is 21.9. The van der Waals surface area contributed by atoms with E-state index in [1.807, 2.05) is 0 Å². The van der Waals surface area contributed by atoms with Crippen molar-refractivity contribution in [2.75, 3.05) is 0 Å². The summed E-state index contributed by atoms with van der Waals surface area (Å²) in [4.78, 5) is 33.6. The molecule has 0 radical (unpaired) electrons. The number of aromatic nitrogens is 6. The van der Waals surface area contributed by atoms with Crippen LogP contribution in [0.25, 0.3) is 189 Å². The van der Waals surface area contributed by atoms with E-state index >= 15 is 0 Å². The number of hydrogen-bond donors (Lipinski definition) is 0. The Morgan fingerprint density at radius 2 is 0.520 bits per heavy atom. The molecule has 0 N–H and O–H groups in total. The maximum absolute atomic E-state index is 5.75. The molecule has 20 rings (SSSR count). The topological polar surface area (TPSA) is 77.3 Å². The quantitative estimate of drug-likeness (QED) is 0.143. The predicted octanol–water partition coefficient (Wildman–Crippen LogP) is 24.6. The molecule has 18 aromatic rings. The second-order valence-electron chi connectivity index (χ2n) is 28.4. The number of rotatable bonds is 9. The summed E-state index contributed by atoms with van der Waals surface area (Å²) in [6.07, 6.45) is 0. The number of fused-ring (bicyclic) bond motifs is 12. The highest BCUT2D eigenvalue weighted by Gasteiger charge is 2.38. The standard InChI is InChI=1S/C96H64N6/c1-95(2)83-43-18-16-37-77(83)88-78(41-22-44-84(88)95)87-70-35-14-8-26-60(70)45-51-80(87)93-100-91(76-40-21-30-59-25-7-12-33-68(59)76)101-94(102-93)81-55-65(54-62-27-9-13-34-69(62)81)61-46-49-71-63(53-61)47-52-79(86(71)64-48-50-73-72-36-15-17-42-82(72)96(3,4)85(73)56-64)92-98-89(74-38-19-28-57-23-5-10-31-66(57)74)97-90(99-92)75-39-20-29-58-24-6-11-32-67(58)75/h5-56H,1-4H3. The Balaban J connectivity index is 0.803. The third-order valence-electron chi connectivity index (χ3n) is 22.0. The van der Waals surface area contributed by atoms with Gasteiger partial charge in [-0.3, -0.25) is 0 Å². The minimum absolute atomic E-state index is 0.202. The van der Waals surface area contributed by atoms with Crippen LogP contribution in [0.2, 0.25) is 0 Å². The van der Waals surface area contributed by atoms with Crippen LogP contribution in [0.4, 0.5) is 0 Å². The van der Waals surface area contributed by atoms with E-state index in [-0.39, 0.29) is 10.8 Å². The molecule has 6 nitrogen and oxygen atoms in total. The van der Waals surface area contributed by atoms with E-state index in [1.54, 1.807) is 0 Å². The van der Waals surface area contributed by atoms with Gasteiger partial charge in [0.1, 0.15) is 0 Å². The maximum atomic E-state index is 5.75. The summed E-state index contributed by atoms with van der Waals surface area (Å²) in [6.45, 7) is 9.41. The molecule has 0 unspecified atom stereocenters. The lowest BCUT2D eigenvalue weighted by atomic mass is 9.81. The lowest BCUT2D eigenvalue weighted by Crippen LogP contribution is -2.14. The molecule has 2 heterocycles. The van der Waals surface area contributed by atoms with Gasteiger partial charge in [-0.2, -0.15) is 0 Å². The van der Waals surface area contributed by atoms with Crippen LogP contribution < -0.4 is 0 Å².